The van der Waals surface area contributed by atoms with Crippen LogP contribution in [0.5, 0.6) is 0 Å². The maximum absolute atomic E-state index is 14.3. The molecule has 1 aliphatic rings. The molecule has 0 radical (unpaired) electrons. The summed E-state index contributed by atoms with van der Waals surface area (Å²) in [5.74, 6) is -1.10. The molecule has 0 spiro atoms. The second-order valence-corrected chi connectivity index (χ2v) is 11.6. The van der Waals surface area contributed by atoms with Gasteiger partial charge in [0.05, 0.1) is 13.0 Å². The Morgan fingerprint density at radius 3 is 2.28 bits per heavy atom. The van der Waals surface area contributed by atoms with E-state index >= 15 is 0 Å². The molecule has 0 heterocycles. The number of hydrogen-bond donors (Lipinski definition) is 2. The van der Waals surface area contributed by atoms with E-state index in [1.54, 1.807) is 32.6 Å². The normalized spacial score (nSPS) is 18.8. The summed E-state index contributed by atoms with van der Waals surface area (Å²) in [6.07, 6.45) is 0.748. The molecule has 9 heteroatoms. The van der Waals surface area contributed by atoms with Crippen molar-refractivity contribution in [1.29, 1.82) is 0 Å². The van der Waals surface area contributed by atoms with Crippen LogP contribution < -0.4 is 10.6 Å². The van der Waals surface area contributed by atoms with Crippen LogP contribution in [-0.2, 0) is 23.9 Å². The van der Waals surface area contributed by atoms with Crippen molar-refractivity contribution in [3.63, 3.8) is 0 Å². The maximum Gasteiger partial charge on any atom is 0.408 e. The van der Waals surface area contributed by atoms with Crippen LogP contribution >= 0.6 is 0 Å². The molecular weight excluding hydrogens is 498 g/mol. The highest BCUT2D eigenvalue weighted by molar-refractivity contribution is 5.93. The topological polar surface area (TPSA) is 114 Å². The summed E-state index contributed by atoms with van der Waals surface area (Å²) in [5, 5.41) is 5.65. The lowest BCUT2D eigenvalue weighted by Gasteiger charge is -2.37. The second kappa shape index (κ2) is 13.8. The molecule has 2 N–H and O–H groups in total. The van der Waals surface area contributed by atoms with Crippen molar-refractivity contribution < 1.29 is 28.7 Å². The molecule has 9 nitrogen and oxygen atoms in total. The highest BCUT2D eigenvalue weighted by Gasteiger charge is 2.49. The van der Waals surface area contributed by atoms with Gasteiger partial charge in [-0.1, -0.05) is 51.0 Å². The van der Waals surface area contributed by atoms with Crippen LogP contribution in [0.2, 0.25) is 0 Å². The minimum absolute atomic E-state index is 0.0304. The molecule has 3 amide bonds. The minimum atomic E-state index is -0.928. The Labute approximate surface area is 233 Å². The third-order valence-electron chi connectivity index (χ3n) is 7.01. The highest BCUT2D eigenvalue weighted by atomic mass is 16.6. The molecule has 1 aromatic rings. The monoisotopic (exact) mass is 545 g/mol. The first kappa shape index (κ1) is 32.1. The van der Waals surface area contributed by atoms with Crippen LogP contribution in [0.25, 0.3) is 0 Å². The first-order chi connectivity index (χ1) is 18.2. The van der Waals surface area contributed by atoms with Crippen LogP contribution in [-0.4, -0.2) is 59.6 Å². The van der Waals surface area contributed by atoms with Gasteiger partial charge in [0.1, 0.15) is 17.7 Å². The molecule has 5 unspecified atom stereocenters. The third-order valence-corrected chi connectivity index (χ3v) is 7.01. The van der Waals surface area contributed by atoms with E-state index in [1.807, 2.05) is 52.8 Å². The number of rotatable bonds is 12. The number of ether oxygens (including phenoxy) is 2. The van der Waals surface area contributed by atoms with E-state index in [-0.39, 0.29) is 49.3 Å². The third kappa shape index (κ3) is 9.25. The standard InChI is InChI=1S/C30H47N3O6/c1-10-19(4)25(32-29(37)39-30(7,8)9)28(36)33(23-17-21(23)6)26(22-13-12-18(3)16-20(22)5)27(35)31-15-14-24(34)38-11-2/h12-13,16,19,21,23,25-26H,10-11,14-15,17H2,1-9H3,(H,31,35)(H,32,37). The molecule has 1 saturated carbocycles. The van der Waals surface area contributed by atoms with Crippen LogP contribution in [0.15, 0.2) is 18.2 Å². The molecule has 218 valence electrons. The van der Waals surface area contributed by atoms with Gasteiger partial charge < -0.3 is 25.0 Å². The van der Waals surface area contributed by atoms with Gasteiger partial charge in [-0.25, -0.2) is 4.79 Å². The predicted molar refractivity (Wildman–Crippen MR) is 150 cm³/mol. The molecule has 0 bridgehead atoms. The van der Waals surface area contributed by atoms with E-state index in [2.05, 4.69) is 10.6 Å². The minimum Gasteiger partial charge on any atom is -0.466 e. The molecule has 0 saturated heterocycles. The Bertz CT molecular complexity index is 1030. The number of carbonyl (C=O) groups is 4. The number of amides is 3. The van der Waals surface area contributed by atoms with Crippen molar-refractivity contribution in [3.8, 4) is 0 Å². The fourth-order valence-electron chi connectivity index (χ4n) is 4.62. The van der Waals surface area contributed by atoms with E-state index in [0.717, 1.165) is 17.5 Å². The summed E-state index contributed by atoms with van der Waals surface area (Å²) in [6, 6.07) is 3.82. The van der Waals surface area contributed by atoms with Crippen molar-refractivity contribution in [1.82, 2.24) is 15.5 Å². The zero-order chi connectivity index (χ0) is 29.5. The molecule has 0 aliphatic heterocycles. The number of alkyl carbamates (subject to hydrolysis) is 1. The van der Waals surface area contributed by atoms with E-state index in [4.69, 9.17) is 9.47 Å². The first-order valence-electron chi connectivity index (χ1n) is 14.0. The van der Waals surface area contributed by atoms with Gasteiger partial charge >= 0.3 is 12.1 Å². The van der Waals surface area contributed by atoms with Crippen molar-refractivity contribution in [2.75, 3.05) is 13.2 Å². The number of hydrogen-bond acceptors (Lipinski definition) is 6. The van der Waals surface area contributed by atoms with E-state index in [0.29, 0.717) is 12.0 Å². The second-order valence-electron chi connectivity index (χ2n) is 11.6. The van der Waals surface area contributed by atoms with Gasteiger partial charge in [0.2, 0.25) is 11.8 Å². The fourth-order valence-corrected chi connectivity index (χ4v) is 4.62. The van der Waals surface area contributed by atoms with Crippen LogP contribution in [0, 0.1) is 25.7 Å². The van der Waals surface area contributed by atoms with Gasteiger partial charge in [0.15, 0.2) is 0 Å². The lowest BCUT2D eigenvalue weighted by molar-refractivity contribution is -0.145. The van der Waals surface area contributed by atoms with Gasteiger partial charge in [-0.15, -0.1) is 0 Å². The summed E-state index contributed by atoms with van der Waals surface area (Å²) in [7, 11) is 0. The van der Waals surface area contributed by atoms with Crippen molar-refractivity contribution >= 4 is 23.9 Å². The number of benzene rings is 1. The zero-order valence-electron chi connectivity index (χ0n) is 25.1. The summed E-state index contributed by atoms with van der Waals surface area (Å²) in [6.45, 7) is 17.2. The summed E-state index contributed by atoms with van der Waals surface area (Å²) in [5.41, 5.74) is 1.91. The van der Waals surface area contributed by atoms with Gasteiger partial charge in [-0.2, -0.15) is 0 Å². The Morgan fingerprint density at radius 1 is 1.13 bits per heavy atom. The molecule has 1 fully saturated rings. The van der Waals surface area contributed by atoms with E-state index in [9.17, 15) is 19.2 Å². The summed E-state index contributed by atoms with van der Waals surface area (Å²) in [4.78, 5) is 54.4. The van der Waals surface area contributed by atoms with Gasteiger partial charge in [-0.05, 0) is 70.9 Å². The van der Waals surface area contributed by atoms with E-state index < -0.39 is 29.7 Å². The van der Waals surface area contributed by atoms with Gasteiger partial charge in [0.25, 0.3) is 0 Å². The van der Waals surface area contributed by atoms with Crippen molar-refractivity contribution in [2.45, 2.75) is 105 Å². The van der Waals surface area contributed by atoms with Crippen LogP contribution in [0.3, 0.4) is 0 Å². The molecule has 39 heavy (non-hydrogen) atoms. The lowest BCUT2D eigenvalue weighted by atomic mass is 9.93. The van der Waals surface area contributed by atoms with Crippen molar-refractivity contribution in [2.24, 2.45) is 11.8 Å². The van der Waals surface area contributed by atoms with Gasteiger partial charge in [-0.3, -0.25) is 14.4 Å². The predicted octanol–water partition coefficient (Wildman–Crippen LogP) is 4.59. The number of nitrogens with zero attached hydrogens (tertiary/aromatic N) is 1. The number of esters is 1. The molecule has 1 aliphatic carbocycles. The molecule has 0 aromatic heterocycles. The average molecular weight is 546 g/mol. The number of carbonyl (C=O) groups excluding carboxylic acids is 4. The van der Waals surface area contributed by atoms with Gasteiger partial charge in [0, 0.05) is 12.6 Å². The van der Waals surface area contributed by atoms with Crippen LogP contribution in [0.4, 0.5) is 4.79 Å². The Morgan fingerprint density at radius 2 is 1.77 bits per heavy atom. The van der Waals surface area contributed by atoms with Crippen molar-refractivity contribution in [3.05, 3.63) is 34.9 Å². The Balaban J connectivity index is 2.49. The average Bonchev–Trinajstić information content (AvgIpc) is 3.55. The molecule has 1 aromatic carbocycles. The Hall–Kier alpha value is -3.10. The first-order valence-corrected chi connectivity index (χ1v) is 14.0. The molecule has 2 rings (SSSR count). The lowest BCUT2D eigenvalue weighted by Crippen LogP contribution is -2.56. The van der Waals surface area contributed by atoms with Crippen LogP contribution in [0.1, 0.15) is 90.5 Å². The summed E-state index contributed by atoms with van der Waals surface area (Å²) < 4.78 is 10.5. The van der Waals surface area contributed by atoms with E-state index in [1.165, 1.54) is 0 Å². The Kier molecular flexibility index (Phi) is 11.4. The highest BCUT2D eigenvalue weighted by Crippen LogP contribution is 2.41. The number of aryl methyl sites for hydroxylation is 2. The smallest absolute Gasteiger partial charge is 0.408 e. The number of nitrogens with one attached hydrogen (secondary N) is 2. The molecular formula is C30H47N3O6. The summed E-state index contributed by atoms with van der Waals surface area (Å²) >= 11 is 0. The fraction of sp³-hybridized carbons (Fsp3) is 0.667. The SMILES string of the molecule is CCOC(=O)CCNC(=O)C(c1ccc(C)cc1C)N(C(=O)C(NC(=O)OC(C)(C)C)C(C)CC)C1CC1C. The zero-order valence-corrected chi connectivity index (χ0v) is 25.1. The quantitative estimate of drug-likeness (QED) is 0.372. The molecule has 5 atom stereocenters. The largest absolute Gasteiger partial charge is 0.466 e. The maximum atomic E-state index is 14.3.